The first-order valence-corrected chi connectivity index (χ1v) is 18.6. The summed E-state index contributed by atoms with van der Waals surface area (Å²) in [6.45, 7) is 4.45. The van der Waals surface area contributed by atoms with Crippen LogP contribution in [0.25, 0.3) is 41.4 Å². The summed E-state index contributed by atoms with van der Waals surface area (Å²) in [5.41, 5.74) is 10.7. The van der Waals surface area contributed by atoms with Crippen molar-refractivity contribution in [2.24, 2.45) is 0 Å². The monoisotopic (exact) mass is 678 g/mol. The topological polar surface area (TPSA) is 6.48 Å². The van der Waals surface area contributed by atoms with Gasteiger partial charge in [-0.15, -0.1) is 22.7 Å². The van der Waals surface area contributed by atoms with Gasteiger partial charge in [0.15, 0.2) is 0 Å². The zero-order valence-electron chi connectivity index (χ0n) is 27.9. The van der Waals surface area contributed by atoms with Gasteiger partial charge >= 0.3 is 0 Å². The molecule has 0 aliphatic carbocycles. The van der Waals surface area contributed by atoms with Gasteiger partial charge in [0.05, 0.1) is 20.8 Å². The Balaban J connectivity index is 1.09. The molecule has 0 radical (unpaired) electrons. The summed E-state index contributed by atoms with van der Waals surface area (Å²) in [5.74, 6) is 0. The van der Waals surface area contributed by atoms with Gasteiger partial charge in [-0.05, 0) is 103 Å². The average Bonchev–Trinajstić information content (AvgIpc) is 3.70. The van der Waals surface area contributed by atoms with Crippen molar-refractivity contribution in [3.05, 3.63) is 180 Å². The first kappa shape index (κ1) is 30.4. The molecule has 50 heavy (non-hydrogen) atoms. The molecule has 0 spiro atoms. The van der Waals surface area contributed by atoms with E-state index in [2.05, 4.69) is 194 Å². The fourth-order valence-electron chi connectivity index (χ4n) is 7.05. The van der Waals surface area contributed by atoms with Crippen molar-refractivity contribution in [3.63, 3.8) is 0 Å². The molecule has 0 atom stereocenters. The molecule has 2 nitrogen and oxygen atoms in total. The summed E-state index contributed by atoms with van der Waals surface area (Å²) >= 11 is 3.74. The van der Waals surface area contributed by atoms with Crippen molar-refractivity contribution in [1.82, 2.24) is 0 Å². The Bertz CT molecular complexity index is 2600. The van der Waals surface area contributed by atoms with Gasteiger partial charge in [0.25, 0.3) is 0 Å². The van der Waals surface area contributed by atoms with E-state index in [0.717, 1.165) is 22.7 Å². The molecular weight excluding hydrogens is 645 g/mol. The average molecular weight is 679 g/mol. The van der Waals surface area contributed by atoms with Crippen LogP contribution in [0.5, 0.6) is 0 Å². The molecule has 0 saturated carbocycles. The summed E-state index contributed by atoms with van der Waals surface area (Å²) < 4.78 is 3.92. The van der Waals surface area contributed by atoms with Gasteiger partial charge in [0.2, 0.25) is 0 Å². The maximum absolute atomic E-state index is 2.39. The van der Waals surface area contributed by atoms with E-state index in [4.69, 9.17) is 0 Å². The first-order chi connectivity index (χ1) is 24.6. The highest BCUT2D eigenvalue weighted by atomic mass is 32.1. The lowest BCUT2D eigenvalue weighted by atomic mass is 10.0. The van der Waals surface area contributed by atoms with Crippen molar-refractivity contribution in [1.29, 1.82) is 0 Å². The Hall–Kier alpha value is -5.68. The second kappa shape index (κ2) is 12.6. The molecule has 0 fully saturated rings. The van der Waals surface area contributed by atoms with Crippen LogP contribution in [0, 0.1) is 13.8 Å². The van der Waals surface area contributed by atoms with E-state index in [1.807, 2.05) is 22.7 Å². The van der Waals surface area contributed by atoms with E-state index in [9.17, 15) is 0 Å². The predicted molar refractivity (Wildman–Crippen MR) is 219 cm³/mol. The van der Waals surface area contributed by atoms with Crippen LogP contribution in [-0.2, 0) is 0 Å². The zero-order chi connectivity index (χ0) is 33.6. The minimum absolute atomic E-state index is 1.13. The van der Waals surface area contributed by atoms with Crippen LogP contribution in [0.15, 0.2) is 170 Å². The Labute approximate surface area is 300 Å². The quantitative estimate of drug-likeness (QED) is 0.166. The normalized spacial score (nSPS) is 11.4. The number of hydrogen-bond donors (Lipinski definition) is 0. The van der Waals surface area contributed by atoms with Gasteiger partial charge in [0, 0.05) is 43.1 Å². The van der Waals surface area contributed by atoms with Gasteiger partial charge < -0.3 is 9.80 Å². The van der Waals surface area contributed by atoms with Gasteiger partial charge in [-0.1, -0.05) is 103 Å². The van der Waals surface area contributed by atoms with Crippen LogP contribution >= 0.6 is 22.7 Å². The highest BCUT2D eigenvalue weighted by Gasteiger charge is 2.20. The number of benzene rings is 7. The number of rotatable bonds is 7. The first-order valence-electron chi connectivity index (χ1n) is 16.9. The van der Waals surface area contributed by atoms with Crippen molar-refractivity contribution < 1.29 is 0 Å². The van der Waals surface area contributed by atoms with Crippen LogP contribution < -0.4 is 9.80 Å². The van der Waals surface area contributed by atoms with Crippen LogP contribution in [0.3, 0.4) is 0 Å². The number of fused-ring (bicyclic) bond motifs is 4. The molecule has 240 valence electrons. The van der Waals surface area contributed by atoms with Crippen LogP contribution in [0.2, 0.25) is 0 Å². The fraction of sp³-hybridized carbons (Fsp3) is 0.0435. The van der Waals surface area contributed by atoms with Gasteiger partial charge in [0.1, 0.15) is 0 Å². The minimum Gasteiger partial charge on any atom is -0.309 e. The third-order valence-corrected chi connectivity index (χ3v) is 12.1. The zero-order valence-corrected chi connectivity index (χ0v) is 29.5. The van der Waals surface area contributed by atoms with Crippen molar-refractivity contribution in [3.8, 4) is 11.1 Å². The highest BCUT2D eigenvalue weighted by Crippen LogP contribution is 2.46. The lowest BCUT2D eigenvalue weighted by molar-refractivity contribution is 1.30. The Morgan fingerprint density at radius 1 is 0.360 bits per heavy atom. The molecule has 0 aliphatic heterocycles. The van der Waals surface area contributed by atoms with E-state index in [1.54, 1.807) is 0 Å². The predicted octanol–water partition coefficient (Wildman–Crippen LogP) is 14.5. The smallest absolute Gasteiger partial charge is 0.0640 e. The van der Waals surface area contributed by atoms with E-state index in [1.165, 1.54) is 63.2 Å². The Morgan fingerprint density at radius 2 is 0.800 bits per heavy atom. The molecule has 4 heteroatoms. The molecule has 0 unspecified atom stereocenters. The molecule has 7 aromatic carbocycles. The standard InChI is InChI=1S/C46H34N2S2/c1-31-32(2)49-45-39(31)18-11-20-42(45)47(35-13-5-3-6-14-35)37-27-23-33(24-28-37)34-25-29-38(30-26-34)48(36-15-7-4-8-16-36)43-21-12-19-41-40-17-9-10-22-44(40)50-46(41)43/h3-30H,1-2H3. The molecule has 2 aromatic heterocycles. The van der Waals surface area contributed by atoms with E-state index in [0.29, 0.717) is 0 Å². The number of thiophene rings is 2. The molecule has 9 aromatic rings. The van der Waals surface area contributed by atoms with Crippen LogP contribution in [0.1, 0.15) is 10.4 Å². The number of anilines is 6. The van der Waals surface area contributed by atoms with Gasteiger partial charge in [-0.25, -0.2) is 0 Å². The maximum atomic E-state index is 2.39. The summed E-state index contributed by atoms with van der Waals surface area (Å²) in [4.78, 5) is 6.14. The molecule has 0 N–H and O–H groups in total. The number of aryl methyl sites for hydroxylation is 2. The molecule has 2 heterocycles. The van der Waals surface area contributed by atoms with Gasteiger partial charge in [-0.2, -0.15) is 0 Å². The number of hydrogen-bond acceptors (Lipinski definition) is 4. The summed E-state index contributed by atoms with van der Waals surface area (Å²) in [5, 5.41) is 3.94. The lowest BCUT2D eigenvalue weighted by Crippen LogP contribution is -2.10. The number of para-hydroxylation sites is 2. The minimum atomic E-state index is 1.13. The second-order valence-corrected chi connectivity index (χ2v) is 14.9. The summed E-state index contributed by atoms with van der Waals surface area (Å²) in [6.07, 6.45) is 0. The Morgan fingerprint density at radius 3 is 1.36 bits per heavy atom. The third-order valence-electron chi connectivity index (χ3n) is 9.66. The largest absolute Gasteiger partial charge is 0.309 e. The summed E-state index contributed by atoms with van der Waals surface area (Å²) in [6, 6.07) is 61.4. The third kappa shape index (κ3) is 5.25. The molecule has 9 rings (SSSR count). The van der Waals surface area contributed by atoms with Crippen molar-refractivity contribution in [2.45, 2.75) is 13.8 Å². The fourth-order valence-corrected chi connectivity index (χ4v) is 9.42. The molecule has 0 aliphatic rings. The van der Waals surface area contributed by atoms with E-state index < -0.39 is 0 Å². The van der Waals surface area contributed by atoms with Crippen LogP contribution in [-0.4, -0.2) is 0 Å². The summed E-state index contributed by atoms with van der Waals surface area (Å²) in [7, 11) is 0. The second-order valence-electron chi connectivity index (χ2n) is 12.6. The van der Waals surface area contributed by atoms with E-state index in [-0.39, 0.29) is 0 Å². The molecule has 0 bridgehead atoms. The SMILES string of the molecule is Cc1sc2c(N(c3ccccc3)c3ccc(-c4ccc(N(c5ccccc5)c5cccc6c5sc5ccccc56)cc4)cc3)cccc2c1C. The van der Waals surface area contributed by atoms with Gasteiger partial charge in [-0.3, -0.25) is 0 Å². The molecule has 0 amide bonds. The van der Waals surface area contributed by atoms with Crippen molar-refractivity contribution >= 4 is 87.1 Å². The van der Waals surface area contributed by atoms with Crippen LogP contribution in [0.4, 0.5) is 34.1 Å². The van der Waals surface area contributed by atoms with E-state index >= 15 is 0 Å². The molecule has 0 saturated heterocycles. The van der Waals surface area contributed by atoms with Crippen molar-refractivity contribution in [2.75, 3.05) is 9.80 Å². The Kier molecular flexibility index (Phi) is 7.69. The molecular formula is C46H34N2S2. The lowest BCUT2D eigenvalue weighted by Gasteiger charge is -2.27. The number of nitrogens with zero attached hydrogens (tertiary/aromatic N) is 2. The maximum Gasteiger partial charge on any atom is 0.0640 e. The highest BCUT2D eigenvalue weighted by molar-refractivity contribution is 7.26.